The summed E-state index contributed by atoms with van der Waals surface area (Å²) in [6.07, 6.45) is 0. The van der Waals surface area contributed by atoms with E-state index < -0.39 is 0 Å². The highest BCUT2D eigenvalue weighted by molar-refractivity contribution is 5.33. The van der Waals surface area contributed by atoms with E-state index >= 15 is 0 Å². The summed E-state index contributed by atoms with van der Waals surface area (Å²) in [5, 5.41) is 24.0. The first-order valence-electron chi connectivity index (χ1n) is 6.65. The Balaban J connectivity index is 2.48. The van der Waals surface area contributed by atoms with Crippen molar-refractivity contribution in [2.75, 3.05) is 40.5 Å². The Labute approximate surface area is 119 Å². The van der Waals surface area contributed by atoms with Crippen LogP contribution < -0.4 is 20.1 Å². The molecule has 6 heteroatoms. The normalized spacial score (nSPS) is 13.8. The molecule has 1 aromatic carbocycles. The van der Waals surface area contributed by atoms with Crippen LogP contribution in [0.2, 0.25) is 0 Å². The molecule has 0 saturated heterocycles. The maximum absolute atomic E-state index is 9.06. The van der Waals surface area contributed by atoms with Gasteiger partial charge in [-0.25, -0.2) is 0 Å². The van der Waals surface area contributed by atoms with Gasteiger partial charge in [0, 0.05) is 6.07 Å². The van der Waals surface area contributed by atoms with Crippen molar-refractivity contribution in [1.82, 2.24) is 10.6 Å². The van der Waals surface area contributed by atoms with E-state index in [0.29, 0.717) is 24.7 Å². The number of likely N-dealkylation sites (N-methyl/N-ethyl adjacent to an activating group) is 2. The van der Waals surface area contributed by atoms with Gasteiger partial charge in [0.2, 0.25) is 0 Å². The van der Waals surface area contributed by atoms with Crippen molar-refractivity contribution in [2.24, 2.45) is 0 Å². The zero-order chi connectivity index (χ0) is 14.8. The lowest BCUT2D eigenvalue weighted by atomic mass is 10.3. The molecule has 1 rings (SSSR count). The minimum Gasteiger partial charge on any atom is -0.492 e. The molecule has 114 valence electrons. The molecule has 0 fully saturated rings. The summed E-state index contributed by atoms with van der Waals surface area (Å²) in [6, 6.07) is 7.10. The molecular formula is C14H24N2O4. The molecule has 2 atom stereocenters. The quantitative estimate of drug-likeness (QED) is 0.468. The maximum atomic E-state index is 9.06. The predicted octanol–water partition coefficient (Wildman–Crippen LogP) is -0.395. The number of rotatable bonds is 10. The van der Waals surface area contributed by atoms with Crippen molar-refractivity contribution in [3.8, 4) is 11.5 Å². The van der Waals surface area contributed by atoms with Crippen molar-refractivity contribution in [3.63, 3.8) is 0 Å². The standard InChI is InChI=1S/C14H24N2O4/c1-15-11(7-17)9-19-13-4-3-5-14(6-13)20-10-12(8-18)16-2/h3-6,11-12,15-18H,7-10H2,1-2H3. The lowest BCUT2D eigenvalue weighted by Gasteiger charge is -2.16. The fraction of sp³-hybridized carbons (Fsp3) is 0.571. The van der Waals surface area contributed by atoms with Crippen LogP contribution in [0.4, 0.5) is 0 Å². The number of aliphatic hydroxyl groups is 2. The van der Waals surface area contributed by atoms with Crippen molar-refractivity contribution < 1.29 is 19.7 Å². The topological polar surface area (TPSA) is 83.0 Å². The lowest BCUT2D eigenvalue weighted by molar-refractivity contribution is 0.184. The molecule has 0 spiro atoms. The van der Waals surface area contributed by atoms with Crippen LogP contribution in [-0.2, 0) is 0 Å². The van der Waals surface area contributed by atoms with Gasteiger partial charge in [0.15, 0.2) is 0 Å². The second kappa shape index (κ2) is 9.55. The van der Waals surface area contributed by atoms with E-state index in [1.54, 1.807) is 20.2 Å². The first kappa shape index (κ1) is 16.7. The molecule has 0 aliphatic rings. The Kier molecular flexibility index (Phi) is 7.98. The number of benzene rings is 1. The average Bonchev–Trinajstić information content (AvgIpc) is 2.50. The predicted molar refractivity (Wildman–Crippen MR) is 77.3 cm³/mol. The Bertz CT molecular complexity index is 337. The number of nitrogens with one attached hydrogen (secondary N) is 2. The minimum atomic E-state index is -0.0948. The number of hydrogen-bond acceptors (Lipinski definition) is 6. The molecule has 20 heavy (non-hydrogen) atoms. The van der Waals surface area contributed by atoms with Crippen LogP contribution in [-0.4, -0.2) is 62.8 Å². The van der Waals surface area contributed by atoms with E-state index in [4.69, 9.17) is 19.7 Å². The number of hydrogen-bond donors (Lipinski definition) is 4. The highest BCUT2D eigenvalue weighted by Gasteiger charge is 2.07. The summed E-state index contributed by atoms with van der Waals surface area (Å²) < 4.78 is 11.2. The lowest BCUT2D eigenvalue weighted by Crippen LogP contribution is -2.35. The summed E-state index contributed by atoms with van der Waals surface area (Å²) in [5.74, 6) is 1.36. The summed E-state index contributed by atoms with van der Waals surface area (Å²) in [7, 11) is 3.55. The Morgan fingerprint density at radius 3 is 1.75 bits per heavy atom. The van der Waals surface area contributed by atoms with Crippen LogP contribution in [0, 0.1) is 0 Å². The molecule has 2 unspecified atom stereocenters. The van der Waals surface area contributed by atoms with Crippen LogP contribution in [0.25, 0.3) is 0 Å². The molecule has 0 heterocycles. The molecule has 0 amide bonds. The SMILES string of the molecule is CNC(CO)COc1cccc(OCC(CO)NC)c1. The zero-order valence-electron chi connectivity index (χ0n) is 12.0. The van der Waals surface area contributed by atoms with Gasteiger partial charge in [-0.1, -0.05) is 6.07 Å². The largest absolute Gasteiger partial charge is 0.492 e. The van der Waals surface area contributed by atoms with Crippen LogP contribution in [0.3, 0.4) is 0 Å². The van der Waals surface area contributed by atoms with E-state index in [2.05, 4.69) is 10.6 Å². The maximum Gasteiger partial charge on any atom is 0.123 e. The van der Waals surface area contributed by atoms with Crippen molar-refractivity contribution in [2.45, 2.75) is 12.1 Å². The molecule has 0 aromatic heterocycles. The molecule has 6 nitrogen and oxygen atoms in total. The van der Waals surface area contributed by atoms with Crippen LogP contribution in [0.15, 0.2) is 24.3 Å². The average molecular weight is 284 g/mol. The van der Waals surface area contributed by atoms with Gasteiger partial charge in [-0.15, -0.1) is 0 Å². The Morgan fingerprint density at radius 1 is 0.950 bits per heavy atom. The first-order chi connectivity index (χ1) is 9.73. The third-order valence-corrected chi connectivity index (χ3v) is 2.97. The molecule has 0 saturated carbocycles. The van der Waals surface area contributed by atoms with Gasteiger partial charge in [0.1, 0.15) is 24.7 Å². The fourth-order valence-electron chi connectivity index (χ4n) is 1.50. The van der Waals surface area contributed by atoms with Crippen molar-refractivity contribution in [3.05, 3.63) is 24.3 Å². The molecule has 0 radical (unpaired) electrons. The molecular weight excluding hydrogens is 260 g/mol. The second-order valence-electron chi connectivity index (χ2n) is 4.43. The Hall–Kier alpha value is -1.34. The number of aliphatic hydroxyl groups excluding tert-OH is 2. The van der Waals surface area contributed by atoms with Crippen molar-refractivity contribution >= 4 is 0 Å². The van der Waals surface area contributed by atoms with Gasteiger partial charge in [0.25, 0.3) is 0 Å². The molecule has 0 bridgehead atoms. The third-order valence-electron chi connectivity index (χ3n) is 2.97. The smallest absolute Gasteiger partial charge is 0.123 e. The molecule has 4 N–H and O–H groups in total. The van der Waals surface area contributed by atoms with Gasteiger partial charge in [0.05, 0.1) is 25.3 Å². The number of ether oxygens (including phenoxy) is 2. The van der Waals surface area contributed by atoms with Crippen molar-refractivity contribution in [1.29, 1.82) is 0 Å². The monoisotopic (exact) mass is 284 g/mol. The van der Waals surface area contributed by atoms with E-state index in [-0.39, 0.29) is 25.3 Å². The summed E-state index contributed by atoms with van der Waals surface area (Å²) in [4.78, 5) is 0. The van der Waals surface area contributed by atoms with Gasteiger partial charge >= 0.3 is 0 Å². The highest BCUT2D eigenvalue weighted by Crippen LogP contribution is 2.19. The molecule has 1 aromatic rings. The summed E-state index contributed by atoms with van der Waals surface area (Å²) in [5.41, 5.74) is 0. The van der Waals surface area contributed by atoms with E-state index in [0.717, 1.165) is 0 Å². The molecule has 0 aliphatic carbocycles. The fourth-order valence-corrected chi connectivity index (χ4v) is 1.50. The van der Waals surface area contributed by atoms with Crippen LogP contribution >= 0.6 is 0 Å². The van der Waals surface area contributed by atoms with Gasteiger partial charge in [-0.3, -0.25) is 0 Å². The molecule has 0 aliphatic heterocycles. The van der Waals surface area contributed by atoms with Gasteiger partial charge < -0.3 is 30.3 Å². The van der Waals surface area contributed by atoms with E-state index in [1.807, 2.05) is 18.2 Å². The first-order valence-corrected chi connectivity index (χ1v) is 6.65. The zero-order valence-corrected chi connectivity index (χ0v) is 12.0. The summed E-state index contributed by atoms with van der Waals surface area (Å²) >= 11 is 0. The third kappa shape index (κ3) is 5.75. The van der Waals surface area contributed by atoms with Crippen LogP contribution in [0.1, 0.15) is 0 Å². The summed E-state index contributed by atoms with van der Waals surface area (Å²) in [6.45, 7) is 0.804. The van der Waals surface area contributed by atoms with Crippen LogP contribution in [0.5, 0.6) is 11.5 Å². The Morgan fingerprint density at radius 2 is 1.40 bits per heavy atom. The van der Waals surface area contributed by atoms with E-state index in [9.17, 15) is 0 Å². The highest BCUT2D eigenvalue weighted by atomic mass is 16.5. The minimum absolute atomic E-state index is 0.0209. The van der Waals surface area contributed by atoms with E-state index in [1.165, 1.54) is 0 Å². The second-order valence-corrected chi connectivity index (χ2v) is 4.43. The van der Waals surface area contributed by atoms with Gasteiger partial charge in [-0.05, 0) is 26.2 Å². The van der Waals surface area contributed by atoms with Gasteiger partial charge in [-0.2, -0.15) is 0 Å².